The summed E-state index contributed by atoms with van der Waals surface area (Å²) in [6.07, 6.45) is 4.70. The topological polar surface area (TPSA) is 55.1 Å². The van der Waals surface area contributed by atoms with E-state index < -0.39 is 5.97 Å². The van der Waals surface area contributed by atoms with Crippen LogP contribution in [0.4, 0.5) is 0 Å². The molecule has 0 amide bonds. The lowest BCUT2D eigenvalue weighted by Gasteiger charge is -2.23. The van der Waals surface area contributed by atoms with Gasteiger partial charge in [0.05, 0.1) is 5.75 Å². The Morgan fingerprint density at radius 1 is 1.62 bits per heavy atom. The van der Waals surface area contributed by atoms with Gasteiger partial charge in [-0.1, -0.05) is 32.5 Å². The number of hydrogen-bond donors (Lipinski definition) is 1. The molecule has 0 aromatic carbocycles. The third kappa shape index (κ3) is 3.89. The number of hydrogen-bond acceptors (Lipinski definition) is 3. The molecule has 1 N–H and O–H groups in total. The summed E-state index contributed by atoms with van der Waals surface area (Å²) < 4.78 is 2.02. The fraction of sp³-hybridized carbons (Fsp3) is 0.636. The lowest BCUT2D eigenvalue weighted by atomic mass is 9.90. The van der Waals surface area contributed by atoms with Gasteiger partial charge in [-0.05, 0) is 11.8 Å². The lowest BCUT2D eigenvalue weighted by Crippen LogP contribution is -2.18. The largest absolute Gasteiger partial charge is 0.481 e. The van der Waals surface area contributed by atoms with Crippen molar-refractivity contribution in [1.29, 1.82) is 0 Å². The second-order valence-electron chi connectivity index (χ2n) is 4.54. The first-order chi connectivity index (χ1) is 7.44. The fourth-order valence-corrected chi connectivity index (χ4v) is 1.93. The third-order valence-corrected chi connectivity index (χ3v) is 3.55. The Balaban J connectivity index is 2.67. The van der Waals surface area contributed by atoms with Gasteiger partial charge in [-0.3, -0.25) is 4.79 Å². The van der Waals surface area contributed by atoms with Crippen LogP contribution in [0.15, 0.2) is 17.6 Å². The average molecular weight is 242 g/mol. The molecule has 0 aliphatic heterocycles. The molecule has 90 valence electrons. The Hall–Kier alpha value is -0.970. The fourth-order valence-electron chi connectivity index (χ4n) is 1.26. The molecule has 16 heavy (non-hydrogen) atoms. The van der Waals surface area contributed by atoms with Gasteiger partial charge < -0.3 is 9.67 Å². The summed E-state index contributed by atoms with van der Waals surface area (Å²) in [6.45, 7) is 7.41. The van der Waals surface area contributed by atoms with E-state index in [4.69, 9.17) is 5.11 Å². The number of carboxylic acid groups (broad SMARTS) is 1. The van der Waals surface area contributed by atoms with E-state index in [1.165, 1.54) is 11.8 Å². The average Bonchev–Trinajstić information content (AvgIpc) is 2.61. The molecule has 0 saturated carbocycles. The summed E-state index contributed by atoms with van der Waals surface area (Å²) in [5.74, 6) is -0.752. The molecule has 0 unspecified atom stereocenters. The number of carbonyl (C=O) groups is 1. The zero-order chi connectivity index (χ0) is 12.2. The highest BCUT2D eigenvalue weighted by Crippen LogP contribution is 2.25. The normalized spacial score (nSPS) is 11.7. The molecule has 1 aromatic rings. The number of aliphatic carboxylic acids is 1. The van der Waals surface area contributed by atoms with Crippen molar-refractivity contribution in [3.8, 4) is 0 Å². The summed E-state index contributed by atoms with van der Waals surface area (Å²) in [7, 11) is 0. The molecule has 0 radical (unpaired) electrons. The van der Waals surface area contributed by atoms with Crippen molar-refractivity contribution in [1.82, 2.24) is 9.55 Å². The predicted molar refractivity (Wildman–Crippen MR) is 64.7 cm³/mol. The zero-order valence-electron chi connectivity index (χ0n) is 9.93. The SMILES string of the molecule is CCC(C)(C)Cn1ccnc1SCC(=O)O. The Kier molecular flexibility index (Phi) is 4.41. The Morgan fingerprint density at radius 3 is 2.88 bits per heavy atom. The molecule has 0 saturated heterocycles. The second kappa shape index (κ2) is 5.39. The summed E-state index contributed by atoms with van der Waals surface area (Å²) >= 11 is 1.27. The van der Waals surface area contributed by atoms with Crippen molar-refractivity contribution < 1.29 is 9.90 Å². The van der Waals surface area contributed by atoms with Crippen molar-refractivity contribution in [3.63, 3.8) is 0 Å². The number of imidazole rings is 1. The van der Waals surface area contributed by atoms with Crippen LogP contribution in [0.5, 0.6) is 0 Å². The van der Waals surface area contributed by atoms with Crippen LogP contribution in [0.25, 0.3) is 0 Å². The van der Waals surface area contributed by atoms with E-state index in [2.05, 4.69) is 25.8 Å². The Labute approximate surface area is 100 Å². The summed E-state index contributed by atoms with van der Waals surface area (Å²) in [5.41, 5.74) is 0.208. The van der Waals surface area contributed by atoms with E-state index >= 15 is 0 Å². The quantitative estimate of drug-likeness (QED) is 0.779. The van der Waals surface area contributed by atoms with Crippen LogP contribution in [0.3, 0.4) is 0 Å². The van der Waals surface area contributed by atoms with Crippen LogP contribution in [0, 0.1) is 5.41 Å². The van der Waals surface area contributed by atoms with Gasteiger partial charge in [0.15, 0.2) is 5.16 Å². The lowest BCUT2D eigenvalue weighted by molar-refractivity contribution is -0.133. The minimum Gasteiger partial charge on any atom is -0.481 e. The highest BCUT2D eigenvalue weighted by Gasteiger charge is 2.17. The van der Waals surface area contributed by atoms with Crippen molar-refractivity contribution in [2.45, 2.75) is 38.9 Å². The molecular formula is C11H18N2O2S. The number of nitrogens with zero attached hydrogens (tertiary/aromatic N) is 2. The van der Waals surface area contributed by atoms with Crippen LogP contribution in [-0.4, -0.2) is 26.4 Å². The first-order valence-corrected chi connectivity index (χ1v) is 6.29. The molecule has 0 atom stereocenters. The van der Waals surface area contributed by atoms with E-state index in [0.29, 0.717) is 0 Å². The van der Waals surface area contributed by atoms with E-state index in [0.717, 1.165) is 18.1 Å². The highest BCUT2D eigenvalue weighted by molar-refractivity contribution is 7.99. The molecule has 1 heterocycles. The Morgan fingerprint density at radius 2 is 2.31 bits per heavy atom. The van der Waals surface area contributed by atoms with Gasteiger partial charge in [0.25, 0.3) is 0 Å². The van der Waals surface area contributed by atoms with Crippen LogP contribution in [0.1, 0.15) is 27.2 Å². The van der Waals surface area contributed by atoms with E-state index in [9.17, 15) is 4.79 Å². The minimum atomic E-state index is -0.811. The predicted octanol–water partition coefficient (Wildman–Crippen LogP) is 2.50. The number of rotatable bonds is 6. The monoisotopic (exact) mass is 242 g/mol. The third-order valence-electron chi connectivity index (χ3n) is 2.56. The molecule has 4 nitrogen and oxygen atoms in total. The molecule has 0 aliphatic rings. The molecule has 0 fully saturated rings. The van der Waals surface area contributed by atoms with Gasteiger partial charge in [0.2, 0.25) is 0 Å². The maximum absolute atomic E-state index is 10.5. The Bertz CT molecular complexity index is 361. The van der Waals surface area contributed by atoms with Crippen molar-refractivity contribution >= 4 is 17.7 Å². The summed E-state index contributed by atoms with van der Waals surface area (Å²) in [4.78, 5) is 14.7. The van der Waals surface area contributed by atoms with Gasteiger partial charge in [-0.2, -0.15) is 0 Å². The maximum atomic E-state index is 10.5. The van der Waals surface area contributed by atoms with Gasteiger partial charge >= 0.3 is 5.97 Å². The van der Waals surface area contributed by atoms with Crippen LogP contribution in [-0.2, 0) is 11.3 Å². The summed E-state index contributed by atoms with van der Waals surface area (Å²) in [5, 5.41) is 9.41. The van der Waals surface area contributed by atoms with Crippen molar-refractivity contribution in [2.75, 3.05) is 5.75 Å². The molecule has 0 spiro atoms. The number of thioether (sulfide) groups is 1. The molecule has 5 heteroatoms. The van der Waals surface area contributed by atoms with Crippen LogP contribution in [0.2, 0.25) is 0 Å². The molecule has 0 aliphatic carbocycles. The van der Waals surface area contributed by atoms with E-state index in [1.807, 2.05) is 10.8 Å². The van der Waals surface area contributed by atoms with Gasteiger partial charge in [0.1, 0.15) is 0 Å². The van der Waals surface area contributed by atoms with Crippen LogP contribution >= 0.6 is 11.8 Å². The number of aromatic nitrogens is 2. The smallest absolute Gasteiger partial charge is 0.313 e. The molecule has 1 rings (SSSR count). The van der Waals surface area contributed by atoms with E-state index in [-0.39, 0.29) is 11.2 Å². The first-order valence-electron chi connectivity index (χ1n) is 5.30. The van der Waals surface area contributed by atoms with Crippen molar-refractivity contribution in [2.24, 2.45) is 5.41 Å². The highest BCUT2D eigenvalue weighted by atomic mass is 32.2. The maximum Gasteiger partial charge on any atom is 0.313 e. The summed E-state index contributed by atoms with van der Waals surface area (Å²) in [6, 6.07) is 0. The second-order valence-corrected chi connectivity index (χ2v) is 5.48. The molecule has 1 aromatic heterocycles. The number of carboxylic acids is 1. The van der Waals surface area contributed by atoms with E-state index in [1.54, 1.807) is 6.20 Å². The van der Waals surface area contributed by atoms with Gasteiger partial charge in [0, 0.05) is 18.9 Å². The van der Waals surface area contributed by atoms with Gasteiger partial charge in [-0.25, -0.2) is 4.98 Å². The first kappa shape index (κ1) is 13.1. The van der Waals surface area contributed by atoms with Gasteiger partial charge in [-0.15, -0.1) is 0 Å². The van der Waals surface area contributed by atoms with Crippen LogP contribution < -0.4 is 0 Å². The molecular weight excluding hydrogens is 224 g/mol. The minimum absolute atomic E-state index is 0.0591. The standard InChI is InChI=1S/C11H18N2O2S/c1-4-11(2,3)8-13-6-5-12-10(13)16-7-9(14)15/h5-6H,4,7-8H2,1-3H3,(H,14,15). The molecule has 0 bridgehead atoms. The van der Waals surface area contributed by atoms with Crippen molar-refractivity contribution in [3.05, 3.63) is 12.4 Å². The zero-order valence-corrected chi connectivity index (χ0v) is 10.8.